The first-order valence-electron chi connectivity index (χ1n) is 8.09. The van der Waals surface area contributed by atoms with Crippen LogP contribution in [0, 0.1) is 0 Å². The summed E-state index contributed by atoms with van der Waals surface area (Å²) in [6.07, 6.45) is 0.965. The molecule has 2 saturated heterocycles. The highest BCUT2D eigenvalue weighted by molar-refractivity contribution is 5.84. The van der Waals surface area contributed by atoms with Crippen LogP contribution in [0.25, 0.3) is 10.8 Å². The van der Waals surface area contributed by atoms with Crippen molar-refractivity contribution in [1.29, 1.82) is 0 Å². The van der Waals surface area contributed by atoms with Crippen molar-refractivity contribution in [1.82, 2.24) is 9.78 Å². The Bertz CT molecular complexity index is 851. The highest BCUT2D eigenvalue weighted by Crippen LogP contribution is 2.36. The Balaban J connectivity index is 1.66. The first-order chi connectivity index (χ1) is 12.1. The number of fused-ring (bicyclic) bond motifs is 2. The van der Waals surface area contributed by atoms with E-state index >= 15 is 0 Å². The Morgan fingerprint density at radius 3 is 2.56 bits per heavy atom. The molecule has 2 aliphatic rings. The van der Waals surface area contributed by atoms with Crippen LogP contribution >= 0.6 is 0 Å². The van der Waals surface area contributed by atoms with E-state index in [9.17, 15) is 4.79 Å². The third-order valence-electron chi connectivity index (χ3n) is 4.77. The lowest BCUT2D eigenvalue weighted by Gasteiger charge is -2.20. The molecule has 0 saturated carbocycles. The molecule has 0 N–H and O–H groups in total. The van der Waals surface area contributed by atoms with Gasteiger partial charge in [0.15, 0.2) is 17.6 Å². The molecule has 0 radical (unpaired) electrons. The lowest BCUT2D eigenvalue weighted by molar-refractivity contribution is -0.0140. The zero-order valence-corrected chi connectivity index (χ0v) is 14.3. The predicted molar refractivity (Wildman–Crippen MR) is 88.2 cm³/mol. The summed E-state index contributed by atoms with van der Waals surface area (Å²) >= 11 is 0. The Kier molecular flexibility index (Phi) is 4.10. The summed E-state index contributed by atoms with van der Waals surface area (Å²) in [7, 11) is 4.80. The minimum Gasteiger partial charge on any atom is -0.493 e. The van der Waals surface area contributed by atoms with E-state index in [0.29, 0.717) is 35.5 Å². The van der Waals surface area contributed by atoms with Gasteiger partial charge in [0.05, 0.1) is 31.9 Å². The van der Waals surface area contributed by atoms with Gasteiger partial charge in [-0.2, -0.15) is 5.10 Å². The number of aromatic nitrogens is 2. The average molecular weight is 348 g/mol. The van der Waals surface area contributed by atoms with Gasteiger partial charge in [-0.1, -0.05) is 0 Å². The number of ether oxygens (including phenoxy) is 5. The Morgan fingerprint density at radius 2 is 1.84 bits per heavy atom. The van der Waals surface area contributed by atoms with Crippen LogP contribution in [0.4, 0.5) is 0 Å². The molecule has 0 spiro atoms. The van der Waals surface area contributed by atoms with Crippen LogP contribution in [0.1, 0.15) is 0 Å². The SMILES string of the molecule is COc1cc2c(=O)n(C)ncc2cc1O[C@@H]1CO[C@H]2[C@@H]1OC[C@H]2OC. The molecule has 4 rings (SSSR count). The first-order valence-corrected chi connectivity index (χ1v) is 8.09. The summed E-state index contributed by atoms with van der Waals surface area (Å²) in [6, 6.07) is 3.44. The first kappa shape index (κ1) is 16.3. The quantitative estimate of drug-likeness (QED) is 0.796. The molecule has 0 aliphatic carbocycles. The van der Waals surface area contributed by atoms with Gasteiger partial charge in [-0.05, 0) is 12.1 Å². The topological polar surface area (TPSA) is 81.0 Å². The second-order valence-corrected chi connectivity index (χ2v) is 6.19. The lowest BCUT2D eigenvalue weighted by Crippen LogP contribution is -2.35. The third kappa shape index (κ3) is 2.66. The van der Waals surface area contributed by atoms with Crippen molar-refractivity contribution in [3.63, 3.8) is 0 Å². The van der Waals surface area contributed by atoms with Crippen molar-refractivity contribution >= 4 is 10.8 Å². The van der Waals surface area contributed by atoms with E-state index in [0.717, 1.165) is 0 Å². The summed E-state index contributed by atoms with van der Waals surface area (Å²) in [5.41, 5.74) is -0.186. The Labute approximate surface area is 144 Å². The molecule has 0 bridgehead atoms. The van der Waals surface area contributed by atoms with Crippen molar-refractivity contribution in [3.05, 3.63) is 28.7 Å². The molecule has 8 heteroatoms. The number of hydrogen-bond acceptors (Lipinski definition) is 7. The van der Waals surface area contributed by atoms with Crippen molar-refractivity contribution in [2.75, 3.05) is 27.4 Å². The van der Waals surface area contributed by atoms with E-state index in [-0.39, 0.29) is 30.0 Å². The van der Waals surface area contributed by atoms with Crippen LogP contribution < -0.4 is 15.0 Å². The zero-order chi connectivity index (χ0) is 17.6. The van der Waals surface area contributed by atoms with Gasteiger partial charge in [0.25, 0.3) is 5.56 Å². The molecule has 2 fully saturated rings. The zero-order valence-electron chi connectivity index (χ0n) is 14.3. The van der Waals surface area contributed by atoms with Gasteiger partial charge < -0.3 is 23.7 Å². The summed E-state index contributed by atoms with van der Waals surface area (Å²) in [4.78, 5) is 12.2. The maximum Gasteiger partial charge on any atom is 0.274 e. The minimum atomic E-state index is -0.268. The van der Waals surface area contributed by atoms with Gasteiger partial charge in [-0.3, -0.25) is 4.79 Å². The summed E-state index contributed by atoms with van der Waals surface area (Å²) in [5.74, 6) is 1.02. The average Bonchev–Trinajstić information content (AvgIpc) is 3.20. The smallest absolute Gasteiger partial charge is 0.274 e. The van der Waals surface area contributed by atoms with Crippen molar-refractivity contribution in [2.45, 2.75) is 24.4 Å². The normalized spacial score (nSPS) is 28.3. The molecule has 2 aliphatic heterocycles. The van der Waals surface area contributed by atoms with Crippen molar-refractivity contribution < 1.29 is 23.7 Å². The van der Waals surface area contributed by atoms with E-state index < -0.39 is 0 Å². The molecule has 1 aromatic heterocycles. The molecule has 4 atom stereocenters. The lowest BCUT2D eigenvalue weighted by atomic mass is 10.1. The van der Waals surface area contributed by atoms with Crippen molar-refractivity contribution in [3.8, 4) is 11.5 Å². The van der Waals surface area contributed by atoms with E-state index in [2.05, 4.69) is 5.10 Å². The fourth-order valence-corrected chi connectivity index (χ4v) is 3.39. The number of hydrogen-bond donors (Lipinski definition) is 0. The van der Waals surface area contributed by atoms with Crippen LogP contribution in [0.3, 0.4) is 0 Å². The molecule has 3 heterocycles. The fourth-order valence-electron chi connectivity index (χ4n) is 3.39. The molecule has 25 heavy (non-hydrogen) atoms. The predicted octanol–water partition coefficient (Wildman–Crippen LogP) is 0.502. The van der Waals surface area contributed by atoms with Gasteiger partial charge in [0.1, 0.15) is 18.3 Å². The largest absolute Gasteiger partial charge is 0.493 e. The monoisotopic (exact) mass is 348 g/mol. The van der Waals surface area contributed by atoms with Crippen LogP contribution in [-0.4, -0.2) is 61.6 Å². The van der Waals surface area contributed by atoms with E-state index in [1.165, 1.54) is 4.68 Å². The van der Waals surface area contributed by atoms with Crippen LogP contribution in [0.2, 0.25) is 0 Å². The molecule has 2 aromatic rings. The number of nitrogens with zero attached hydrogens (tertiary/aromatic N) is 2. The van der Waals surface area contributed by atoms with E-state index in [1.807, 2.05) is 0 Å². The van der Waals surface area contributed by atoms with E-state index in [4.69, 9.17) is 23.7 Å². The molecular formula is C17H20N2O6. The number of methoxy groups -OCH3 is 2. The Morgan fingerprint density at radius 1 is 1.12 bits per heavy atom. The third-order valence-corrected chi connectivity index (χ3v) is 4.77. The highest BCUT2D eigenvalue weighted by atomic mass is 16.6. The maximum atomic E-state index is 12.2. The number of benzene rings is 1. The molecule has 0 unspecified atom stereocenters. The number of aryl methyl sites for hydroxylation is 1. The van der Waals surface area contributed by atoms with Gasteiger partial charge in [-0.25, -0.2) is 4.68 Å². The molecule has 134 valence electrons. The Hall–Kier alpha value is -2.16. The molecule has 0 amide bonds. The molecule has 1 aromatic carbocycles. The van der Waals surface area contributed by atoms with E-state index in [1.54, 1.807) is 39.6 Å². The standard InChI is InChI=1S/C17H20N2O6/c1-19-17(20)10-5-11(21-2)12(4-9(10)6-18-19)25-14-8-24-15-13(22-3)7-23-16(14)15/h4-6,13-16H,7-8H2,1-3H3/t13-,14-,15-,16-/m1/s1. The second kappa shape index (κ2) is 6.29. The van der Waals surface area contributed by atoms with Crippen LogP contribution in [0.5, 0.6) is 11.5 Å². The molecule has 8 nitrogen and oxygen atoms in total. The maximum absolute atomic E-state index is 12.2. The molecular weight excluding hydrogens is 328 g/mol. The van der Waals surface area contributed by atoms with Gasteiger partial charge in [-0.15, -0.1) is 0 Å². The second-order valence-electron chi connectivity index (χ2n) is 6.19. The van der Waals surface area contributed by atoms with Gasteiger partial charge in [0, 0.05) is 19.5 Å². The summed E-state index contributed by atoms with van der Waals surface area (Å²) in [6.45, 7) is 0.895. The fraction of sp³-hybridized carbons (Fsp3) is 0.529. The summed E-state index contributed by atoms with van der Waals surface area (Å²) in [5, 5.41) is 5.27. The minimum absolute atomic E-state index is 0.0793. The number of rotatable bonds is 4. The van der Waals surface area contributed by atoms with Gasteiger partial charge in [0.2, 0.25) is 0 Å². The van der Waals surface area contributed by atoms with Crippen molar-refractivity contribution in [2.24, 2.45) is 7.05 Å². The van der Waals surface area contributed by atoms with Crippen LogP contribution in [0.15, 0.2) is 23.1 Å². The van der Waals surface area contributed by atoms with Crippen LogP contribution in [-0.2, 0) is 21.3 Å². The summed E-state index contributed by atoms with van der Waals surface area (Å²) < 4.78 is 29.7. The van der Waals surface area contributed by atoms with Gasteiger partial charge >= 0.3 is 0 Å². The highest BCUT2D eigenvalue weighted by Gasteiger charge is 2.49.